The second-order valence-electron chi connectivity index (χ2n) is 5.18. The number of pyridine rings is 1. The molecule has 0 saturated heterocycles. The molecular weight excluding hydrogens is 326 g/mol. The van der Waals surface area contributed by atoms with Crippen molar-refractivity contribution in [3.05, 3.63) is 72.6 Å². The average molecular weight is 342 g/mol. The molecule has 8 heteroatoms. The van der Waals surface area contributed by atoms with Gasteiger partial charge in [0.15, 0.2) is 11.5 Å². The standard InChI is InChI=1S/C16H15N7.ClH/c1-5-20-22(7-1)15-3-2-13(10-18-15)8-17-9-14-11-19-16-4-6-21-23(16)12-14;/h1-7,10-12,17H,8-9H2;1H. The van der Waals surface area contributed by atoms with E-state index in [2.05, 4.69) is 25.5 Å². The third-order valence-electron chi connectivity index (χ3n) is 3.51. The van der Waals surface area contributed by atoms with E-state index in [4.69, 9.17) is 0 Å². The molecule has 24 heavy (non-hydrogen) atoms. The number of hydrogen-bond acceptors (Lipinski definition) is 5. The van der Waals surface area contributed by atoms with Gasteiger partial charge in [-0.05, 0) is 17.7 Å². The lowest BCUT2D eigenvalue weighted by molar-refractivity contribution is 0.683. The fourth-order valence-corrected chi connectivity index (χ4v) is 2.35. The highest BCUT2D eigenvalue weighted by Gasteiger charge is 2.00. The molecule has 7 nitrogen and oxygen atoms in total. The van der Waals surface area contributed by atoms with E-state index in [1.807, 2.05) is 49.1 Å². The summed E-state index contributed by atoms with van der Waals surface area (Å²) in [7, 11) is 0. The Bertz CT molecular complexity index is 900. The normalized spacial score (nSPS) is 10.7. The molecule has 1 N–H and O–H groups in total. The molecule has 0 aliphatic rings. The lowest BCUT2D eigenvalue weighted by atomic mass is 10.2. The van der Waals surface area contributed by atoms with E-state index in [0.29, 0.717) is 0 Å². The summed E-state index contributed by atoms with van der Waals surface area (Å²) < 4.78 is 3.51. The predicted molar refractivity (Wildman–Crippen MR) is 92.1 cm³/mol. The van der Waals surface area contributed by atoms with Gasteiger partial charge in [-0.3, -0.25) is 0 Å². The molecule has 0 amide bonds. The van der Waals surface area contributed by atoms with Crippen LogP contribution in [0.15, 0.2) is 61.4 Å². The van der Waals surface area contributed by atoms with Gasteiger partial charge in [-0.1, -0.05) is 6.07 Å². The van der Waals surface area contributed by atoms with Gasteiger partial charge in [0.25, 0.3) is 0 Å². The maximum absolute atomic E-state index is 4.41. The smallest absolute Gasteiger partial charge is 0.154 e. The van der Waals surface area contributed by atoms with Crippen molar-refractivity contribution in [2.45, 2.75) is 13.1 Å². The van der Waals surface area contributed by atoms with Crippen LogP contribution in [0.2, 0.25) is 0 Å². The first-order valence-electron chi connectivity index (χ1n) is 7.32. The fourth-order valence-electron chi connectivity index (χ4n) is 2.35. The van der Waals surface area contributed by atoms with Crippen molar-refractivity contribution in [1.82, 2.24) is 34.7 Å². The van der Waals surface area contributed by atoms with Gasteiger partial charge < -0.3 is 5.32 Å². The molecule has 4 aromatic heterocycles. The molecule has 4 rings (SSSR count). The third-order valence-corrected chi connectivity index (χ3v) is 3.51. The van der Waals surface area contributed by atoms with Crippen LogP contribution in [0.4, 0.5) is 0 Å². The van der Waals surface area contributed by atoms with Crippen molar-refractivity contribution in [2.75, 3.05) is 0 Å². The average Bonchev–Trinajstić information content (AvgIpc) is 3.27. The van der Waals surface area contributed by atoms with Crippen molar-refractivity contribution in [2.24, 2.45) is 0 Å². The van der Waals surface area contributed by atoms with Gasteiger partial charge in [-0.15, -0.1) is 12.4 Å². The molecule has 4 aromatic rings. The largest absolute Gasteiger partial charge is 0.308 e. The second-order valence-corrected chi connectivity index (χ2v) is 5.18. The van der Waals surface area contributed by atoms with Gasteiger partial charge in [0.2, 0.25) is 0 Å². The van der Waals surface area contributed by atoms with Crippen LogP contribution in [0.5, 0.6) is 0 Å². The molecular formula is C16H16ClN7. The summed E-state index contributed by atoms with van der Waals surface area (Å²) in [6.45, 7) is 1.47. The molecule has 0 aliphatic heterocycles. The Morgan fingerprint density at radius 2 is 1.79 bits per heavy atom. The highest BCUT2D eigenvalue weighted by molar-refractivity contribution is 5.85. The summed E-state index contributed by atoms with van der Waals surface area (Å²) in [4.78, 5) is 8.76. The van der Waals surface area contributed by atoms with Gasteiger partial charge in [0.1, 0.15) is 0 Å². The zero-order chi connectivity index (χ0) is 15.5. The van der Waals surface area contributed by atoms with Crippen molar-refractivity contribution in [3.63, 3.8) is 0 Å². The quantitative estimate of drug-likeness (QED) is 0.601. The highest BCUT2D eigenvalue weighted by Crippen LogP contribution is 2.05. The van der Waals surface area contributed by atoms with Crippen molar-refractivity contribution >= 4 is 18.1 Å². The van der Waals surface area contributed by atoms with Gasteiger partial charge in [0, 0.05) is 55.7 Å². The highest BCUT2D eigenvalue weighted by atomic mass is 35.5. The van der Waals surface area contributed by atoms with Crippen LogP contribution in [-0.4, -0.2) is 29.4 Å². The topological polar surface area (TPSA) is 72.9 Å². The number of fused-ring (bicyclic) bond motifs is 1. The minimum absolute atomic E-state index is 0. The fraction of sp³-hybridized carbons (Fsp3) is 0.125. The van der Waals surface area contributed by atoms with E-state index in [1.165, 1.54) is 0 Å². The lowest BCUT2D eigenvalue weighted by Gasteiger charge is -2.06. The van der Waals surface area contributed by atoms with Gasteiger partial charge in [0.05, 0.1) is 6.20 Å². The maximum atomic E-state index is 4.41. The molecule has 0 atom stereocenters. The lowest BCUT2D eigenvalue weighted by Crippen LogP contribution is -2.14. The van der Waals surface area contributed by atoms with Crippen LogP contribution in [-0.2, 0) is 13.1 Å². The third kappa shape index (κ3) is 3.42. The number of halogens is 1. The molecule has 4 heterocycles. The summed E-state index contributed by atoms with van der Waals surface area (Å²) in [5.74, 6) is 0.812. The van der Waals surface area contributed by atoms with Crippen molar-refractivity contribution < 1.29 is 0 Å². The van der Waals surface area contributed by atoms with Crippen LogP contribution in [0, 0.1) is 0 Å². The number of hydrogen-bond donors (Lipinski definition) is 1. The van der Waals surface area contributed by atoms with E-state index in [1.54, 1.807) is 21.6 Å². The molecule has 0 aromatic carbocycles. The number of aromatic nitrogens is 6. The molecule has 0 unspecified atom stereocenters. The minimum atomic E-state index is 0. The Balaban J connectivity index is 0.00000169. The summed E-state index contributed by atoms with van der Waals surface area (Å²) in [6, 6.07) is 7.76. The molecule has 0 aliphatic carbocycles. The van der Waals surface area contributed by atoms with Crippen molar-refractivity contribution in [1.29, 1.82) is 0 Å². The summed E-state index contributed by atoms with van der Waals surface area (Å²) in [5.41, 5.74) is 3.06. The second kappa shape index (κ2) is 7.20. The van der Waals surface area contributed by atoms with E-state index >= 15 is 0 Å². The first kappa shape index (κ1) is 16.1. The molecule has 0 radical (unpaired) electrons. The van der Waals surface area contributed by atoms with Crippen molar-refractivity contribution in [3.8, 4) is 5.82 Å². The van der Waals surface area contributed by atoms with E-state index in [-0.39, 0.29) is 12.4 Å². The van der Waals surface area contributed by atoms with Crippen LogP contribution in [0.3, 0.4) is 0 Å². The summed E-state index contributed by atoms with van der Waals surface area (Å²) >= 11 is 0. The summed E-state index contributed by atoms with van der Waals surface area (Å²) in [6.07, 6.45) is 11.1. The van der Waals surface area contributed by atoms with Crippen LogP contribution < -0.4 is 5.32 Å². The van der Waals surface area contributed by atoms with Gasteiger partial charge in [-0.25, -0.2) is 19.2 Å². The Kier molecular flexibility index (Phi) is 4.83. The predicted octanol–water partition coefficient (Wildman–Crippen LogP) is 2.02. The van der Waals surface area contributed by atoms with E-state index in [9.17, 15) is 0 Å². The zero-order valence-electron chi connectivity index (χ0n) is 12.8. The monoisotopic (exact) mass is 341 g/mol. The Hall–Kier alpha value is -2.77. The molecule has 0 spiro atoms. The van der Waals surface area contributed by atoms with Gasteiger partial charge in [-0.2, -0.15) is 10.2 Å². The number of nitrogens with zero attached hydrogens (tertiary/aromatic N) is 6. The van der Waals surface area contributed by atoms with Crippen LogP contribution in [0.1, 0.15) is 11.1 Å². The van der Waals surface area contributed by atoms with E-state index in [0.717, 1.165) is 35.7 Å². The first-order valence-corrected chi connectivity index (χ1v) is 7.32. The maximum Gasteiger partial charge on any atom is 0.154 e. The Morgan fingerprint density at radius 3 is 2.58 bits per heavy atom. The van der Waals surface area contributed by atoms with Gasteiger partial charge >= 0.3 is 0 Å². The van der Waals surface area contributed by atoms with E-state index < -0.39 is 0 Å². The number of rotatable bonds is 5. The Morgan fingerprint density at radius 1 is 0.917 bits per heavy atom. The molecule has 0 fully saturated rings. The molecule has 0 saturated carbocycles. The SMILES string of the molecule is Cl.c1cnn(-c2ccc(CNCc3cnc4ccnn4c3)cn2)c1. The number of nitrogens with one attached hydrogen (secondary N) is 1. The molecule has 122 valence electrons. The van der Waals surface area contributed by atoms with Crippen LogP contribution >= 0.6 is 12.4 Å². The first-order chi connectivity index (χ1) is 11.4. The van der Waals surface area contributed by atoms with Crippen LogP contribution in [0.25, 0.3) is 11.5 Å². The molecule has 0 bridgehead atoms. The Labute approximate surface area is 144 Å². The minimum Gasteiger partial charge on any atom is -0.308 e. The zero-order valence-corrected chi connectivity index (χ0v) is 13.6. The summed E-state index contributed by atoms with van der Waals surface area (Å²) in [5, 5.41) is 11.7.